The quantitative estimate of drug-likeness (QED) is 0.563. The lowest BCUT2D eigenvalue weighted by Gasteiger charge is -2.16. The second-order valence-corrected chi connectivity index (χ2v) is 6.02. The largest absolute Gasteiger partial charge is 0.387 e. The van der Waals surface area contributed by atoms with Gasteiger partial charge in [0.05, 0.1) is 11.0 Å². The standard InChI is InChI=1S/C19H13FN4O/c20-11-1-2-13-15(9-11)16-10-21-6-3-14(16)18-17(13)22-19(23-18)24-7-4-12(25)5-8-24/h1-9,21H,10H2,(H,22,23). The molecular weight excluding hydrogens is 319 g/mol. The van der Waals surface area contributed by atoms with Crippen LogP contribution in [0, 0.1) is 5.82 Å². The average molecular weight is 332 g/mol. The van der Waals surface area contributed by atoms with Crippen molar-refractivity contribution in [3.8, 4) is 5.95 Å². The maximum atomic E-state index is 13.8. The molecule has 4 aromatic rings. The number of nitrogens with one attached hydrogen (secondary N) is 2. The Bertz CT molecular complexity index is 1220. The van der Waals surface area contributed by atoms with Crippen molar-refractivity contribution < 1.29 is 4.39 Å². The van der Waals surface area contributed by atoms with E-state index in [4.69, 9.17) is 4.98 Å². The summed E-state index contributed by atoms with van der Waals surface area (Å²) < 4.78 is 15.6. The summed E-state index contributed by atoms with van der Waals surface area (Å²) in [6, 6.07) is 7.75. The topological polar surface area (TPSA) is 62.7 Å². The Morgan fingerprint density at radius 3 is 2.80 bits per heavy atom. The Morgan fingerprint density at radius 1 is 1.12 bits per heavy atom. The summed E-state index contributed by atoms with van der Waals surface area (Å²) in [5.74, 6) is 0.348. The first kappa shape index (κ1) is 14.0. The SMILES string of the molecule is O=c1ccn(-c2nc3c([nH]2)c2c(c4cc(F)ccc43)CNC=C2)cc1. The van der Waals surface area contributed by atoms with Gasteiger partial charge in [0.25, 0.3) is 0 Å². The number of aromatic nitrogens is 3. The van der Waals surface area contributed by atoms with Crippen LogP contribution in [-0.2, 0) is 6.54 Å². The van der Waals surface area contributed by atoms with Crippen LogP contribution >= 0.6 is 0 Å². The van der Waals surface area contributed by atoms with Gasteiger partial charge in [0.1, 0.15) is 5.82 Å². The molecule has 122 valence electrons. The number of hydrogen-bond acceptors (Lipinski definition) is 3. The van der Waals surface area contributed by atoms with Crippen molar-refractivity contribution in [3.05, 3.63) is 76.1 Å². The van der Waals surface area contributed by atoms with E-state index in [-0.39, 0.29) is 11.2 Å². The van der Waals surface area contributed by atoms with E-state index in [1.807, 2.05) is 12.3 Å². The lowest BCUT2D eigenvalue weighted by Crippen LogP contribution is -2.11. The van der Waals surface area contributed by atoms with Crippen LogP contribution in [0.4, 0.5) is 4.39 Å². The molecule has 6 heteroatoms. The van der Waals surface area contributed by atoms with Crippen molar-refractivity contribution in [2.75, 3.05) is 0 Å². The normalized spacial score (nSPS) is 13.2. The summed E-state index contributed by atoms with van der Waals surface area (Å²) in [5.41, 5.74) is 3.68. The maximum Gasteiger partial charge on any atom is 0.212 e. The van der Waals surface area contributed by atoms with E-state index in [0.29, 0.717) is 12.5 Å². The van der Waals surface area contributed by atoms with E-state index in [1.54, 1.807) is 29.1 Å². The Balaban J connectivity index is 1.89. The molecule has 0 atom stereocenters. The first-order valence-electron chi connectivity index (χ1n) is 7.93. The molecule has 5 rings (SSSR count). The molecule has 0 saturated carbocycles. The number of benzene rings is 2. The van der Waals surface area contributed by atoms with Crippen LogP contribution in [0.3, 0.4) is 0 Å². The van der Waals surface area contributed by atoms with Crippen molar-refractivity contribution >= 4 is 27.9 Å². The number of H-pyrrole nitrogens is 1. The molecule has 2 aromatic carbocycles. The van der Waals surface area contributed by atoms with Gasteiger partial charge in [0.2, 0.25) is 5.95 Å². The van der Waals surface area contributed by atoms with Crippen molar-refractivity contribution in [3.63, 3.8) is 0 Å². The number of pyridine rings is 1. The van der Waals surface area contributed by atoms with Crippen LogP contribution in [0.1, 0.15) is 11.1 Å². The highest BCUT2D eigenvalue weighted by molar-refractivity contribution is 6.10. The monoisotopic (exact) mass is 332 g/mol. The summed E-state index contributed by atoms with van der Waals surface area (Å²) in [5, 5.41) is 4.94. The molecule has 1 aliphatic rings. The number of nitrogens with zero attached hydrogens (tertiary/aromatic N) is 2. The Hall–Kier alpha value is -3.41. The zero-order valence-electron chi connectivity index (χ0n) is 13.1. The van der Waals surface area contributed by atoms with Gasteiger partial charge in [-0.2, -0.15) is 0 Å². The predicted octanol–water partition coefficient (Wildman–Crippen LogP) is 3.08. The molecule has 0 bridgehead atoms. The fourth-order valence-electron chi connectivity index (χ4n) is 3.37. The van der Waals surface area contributed by atoms with Crippen LogP contribution < -0.4 is 10.7 Å². The molecule has 3 heterocycles. The Morgan fingerprint density at radius 2 is 1.96 bits per heavy atom. The lowest BCUT2D eigenvalue weighted by atomic mass is 9.95. The van der Waals surface area contributed by atoms with Gasteiger partial charge in [0, 0.05) is 42.0 Å². The fourth-order valence-corrected chi connectivity index (χ4v) is 3.37. The molecule has 1 aliphatic heterocycles. The summed E-state index contributed by atoms with van der Waals surface area (Å²) in [6.07, 6.45) is 7.20. The van der Waals surface area contributed by atoms with E-state index in [1.165, 1.54) is 18.2 Å². The van der Waals surface area contributed by atoms with Gasteiger partial charge in [-0.3, -0.25) is 9.36 Å². The van der Waals surface area contributed by atoms with Crippen molar-refractivity contribution in [1.82, 2.24) is 19.9 Å². The molecular formula is C19H13FN4O. The number of hydrogen-bond donors (Lipinski definition) is 2. The third kappa shape index (κ3) is 2.07. The summed E-state index contributed by atoms with van der Waals surface area (Å²) in [7, 11) is 0. The summed E-state index contributed by atoms with van der Waals surface area (Å²) in [6.45, 7) is 0.633. The van der Waals surface area contributed by atoms with Gasteiger partial charge < -0.3 is 10.3 Å². The van der Waals surface area contributed by atoms with E-state index < -0.39 is 0 Å². The van der Waals surface area contributed by atoms with Gasteiger partial charge in [-0.1, -0.05) is 0 Å². The molecule has 0 fully saturated rings. The van der Waals surface area contributed by atoms with E-state index in [0.717, 1.165) is 32.9 Å². The minimum atomic E-state index is -0.264. The highest BCUT2D eigenvalue weighted by atomic mass is 19.1. The van der Waals surface area contributed by atoms with Crippen LogP contribution in [0.25, 0.3) is 33.8 Å². The third-order valence-electron chi connectivity index (χ3n) is 4.54. The molecule has 0 aliphatic carbocycles. The average Bonchev–Trinajstić information content (AvgIpc) is 3.08. The highest BCUT2D eigenvalue weighted by Crippen LogP contribution is 2.34. The minimum absolute atomic E-state index is 0.0559. The van der Waals surface area contributed by atoms with Crippen molar-refractivity contribution in [1.29, 1.82) is 0 Å². The van der Waals surface area contributed by atoms with E-state index in [9.17, 15) is 9.18 Å². The number of aromatic amines is 1. The molecule has 5 nitrogen and oxygen atoms in total. The number of halogens is 1. The van der Waals surface area contributed by atoms with Crippen LogP contribution in [0.5, 0.6) is 0 Å². The molecule has 0 radical (unpaired) electrons. The number of imidazole rings is 1. The lowest BCUT2D eigenvalue weighted by molar-refractivity contribution is 0.629. The second kappa shape index (κ2) is 5.04. The van der Waals surface area contributed by atoms with Crippen molar-refractivity contribution in [2.45, 2.75) is 6.54 Å². The summed E-state index contributed by atoms with van der Waals surface area (Å²) >= 11 is 0. The van der Waals surface area contributed by atoms with Crippen LogP contribution in [0.2, 0.25) is 0 Å². The zero-order valence-corrected chi connectivity index (χ0v) is 13.1. The first-order valence-corrected chi connectivity index (χ1v) is 7.93. The van der Waals surface area contributed by atoms with Crippen LogP contribution in [-0.4, -0.2) is 14.5 Å². The van der Waals surface area contributed by atoms with E-state index >= 15 is 0 Å². The Kier molecular flexibility index (Phi) is 2.82. The molecule has 2 aromatic heterocycles. The zero-order chi connectivity index (χ0) is 17.0. The third-order valence-corrected chi connectivity index (χ3v) is 4.54. The van der Waals surface area contributed by atoms with Gasteiger partial charge in [-0.25, -0.2) is 9.37 Å². The molecule has 0 spiro atoms. The predicted molar refractivity (Wildman–Crippen MR) is 95.0 cm³/mol. The molecule has 2 N–H and O–H groups in total. The van der Waals surface area contributed by atoms with Gasteiger partial charge in [0.15, 0.2) is 5.43 Å². The number of rotatable bonds is 1. The second-order valence-electron chi connectivity index (χ2n) is 6.02. The Labute approximate surface area is 141 Å². The highest BCUT2D eigenvalue weighted by Gasteiger charge is 2.18. The van der Waals surface area contributed by atoms with E-state index in [2.05, 4.69) is 10.3 Å². The maximum absolute atomic E-state index is 13.8. The van der Waals surface area contributed by atoms with Gasteiger partial charge in [-0.05, 0) is 41.4 Å². The molecule has 0 saturated heterocycles. The number of fused-ring (bicyclic) bond motifs is 6. The minimum Gasteiger partial charge on any atom is -0.387 e. The van der Waals surface area contributed by atoms with Crippen LogP contribution in [0.15, 0.2) is 53.7 Å². The van der Waals surface area contributed by atoms with Gasteiger partial charge >= 0.3 is 0 Å². The molecule has 0 amide bonds. The van der Waals surface area contributed by atoms with Crippen molar-refractivity contribution in [2.24, 2.45) is 0 Å². The smallest absolute Gasteiger partial charge is 0.212 e. The van der Waals surface area contributed by atoms with Gasteiger partial charge in [-0.15, -0.1) is 0 Å². The fraction of sp³-hybridized carbons (Fsp3) is 0.0526. The first-order chi connectivity index (χ1) is 12.2. The summed E-state index contributed by atoms with van der Waals surface area (Å²) in [4.78, 5) is 19.4. The molecule has 0 unspecified atom stereocenters. The molecule has 25 heavy (non-hydrogen) atoms.